The highest BCUT2D eigenvalue weighted by Gasteiger charge is 2.25. The van der Waals surface area contributed by atoms with Gasteiger partial charge >= 0.3 is 7.25 Å². The van der Waals surface area contributed by atoms with E-state index in [1.54, 1.807) is 0 Å². The maximum absolute atomic E-state index is 9.75. The van der Waals surface area contributed by atoms with E-state index in [9.17, 15) is 17.3 Å². The van der Waals surface area contributed by atoms with Gasteiger partial charge in [0.1, 0.15) is 0 Å². The molecule has 21 heavy (non-hydrogen) atoms. The summed E-state index contributed by atoms with van der Waals surface area (Å²) in [6.07, 6.45) is 8.92. The zero-order valence-electron chi connectivity index (χ0n) is 12.6. The third-order valence-electron chi connectivity index (χ3n) is 5.12. The number of piperidine rings is 6. The molecule has 6 heterocycles. The van der Waals surface area contributed by atoms with Gasteiger partial charge < -0.3 is 27.1 Å². The average molecular weight is 309 g/mol. The molecule has 0 atom stereocenters. The third kappa shape index (κ3) is 7.00. The molecule has 6 fully saturated rings. The maximum Gasteiger partial charge on any atom is 0.673 e. The summed E-state index contributed by atoms with van der Waals surface area (Å²) in [5.74, 6) is 2.22. The topological polar surface area (TPSA) is 6.48 Å². The van der Waals surface area contributed by atoms with E-state index in [1.807, 2.05) is 0 Å². The van der Waals surface area contributed by atoms with Crippen molar-refractivity contribution in [3.05, 3.63) is 0 Å². The molecule has 0 unspecified atom stereocenters. The Hall–Kier alpha value is -0.295. The predicted molar refractivity (Wildman–Crippen MR) is 77.7 cm³/mol. The molecule has 4 bridgehead atoms. The lowest BCUT2D eigenvalue weighted by molar-refractivity contribution is 0.111. The van der Waals surface area contributed by atoms with Crippen LogP contribution in [0.3, 0.4) is 0 Å². The van der Waals surface area contributed by atoms with E-state index >= 15 is 0 Å². The Morgan fingerprint density at radius 2 is 0.714 bits per heavy atom. The van der Waals surface area contributed by atoms with Gasteiger partial charge in [-0.25, -0.2) is 0 Å². The highest BCUT2D eigenvalue weighted by atomic mass is 19.5. The van der Waals surface area contributed by atoms with Crippen molar-refractivity contribution in [1.29, 1.82) is 0 Å². The lowest BCUT2D eigenvalue weighted by atomic mass is 9.89. The van der Waals surface area contributed by atoms with Gasteiger partial charge in [0, 0.05) is 0 Å². The number of hydrogen-bond donors (Lipinski definition) is 0. The van der Waals surface area contributed by atoms with Crippen LogP contribution in [0.1, 0.15) is 38.5 Å². The molecule has 124 valence electrons. The summed E-state index contributed by atoms with van der Waals surface area (Å²) in [7, 11) is -6.00. The van der Waals surface area contributed by atoms with E-state index < -0.39 is 7.25 Å². The van der Waals surface area contributed by atoms with Crippen molar-refractivity contribution in [1.82, 2.24) is 9.80 Å². The first-order valence-corrected chi connectivity index (χ1v) is 8.22. The van der Waals surface area contributed by atoms with Crippen molar-refractivity contribution >= 4 is 7.25 Å². The molecule has 7 heteroatoms. The summed E-state index contributed by atoms with van der Waals surface area (Å²) >= 11 is 0. The predicted octanol–water partition coefficient (Wildman–Crippen LogP) is 3.50. The van der Waals surface area contributed by atoms with Gasteiger partial charge in [-0.1, -0.05) is 0 Å². The third-order valence-corrected chi connectivity index (χ3v) is 5.12. The minimum Gasteiger partial charge on any atom is -0.418 e. The van der Waals surface area contributed by atoms with Crippen molar-refractivity contribution in [3.8, 4) is 0 Å². The second kappa shape index (κ2) is 7.81. The second-order valence-corrected chi connectivity index (χ2v) is 6.64. The van der Waals surface area contributed by atoms with Gasteiger partial charge in [0.05, 0.1) is 0 Å². The van der Waals surface area contributed by atoms with Gasteiger partial charge in [-0.05, 0) is 89.6 Å². The molecule has 0 radical (unpaired) electrons. The zero-order valence-corrected chi connectivity index (χ0v) is 12.6. The molecule has 0 spiro atoms. The molecule has 0 aromatic rings. The molecule has 2 nitrogen and oxygen atoms in total. The van der Waals surface area contributed by atoms with Crippen molar-refractivity contribution < 1.29 is 17.3 Å². The zero-order chi connectivity index (χ0) is 15.3. The first kappa shape index (κ1) is 17.1. The fourth-order valence-corrected chi connectivity index (χ4v) is 3.73. The monoisotopic (exact) mass is 309 g/mol. The van der Waals surface area contributed by atoms with Crippen LogP contribution in [0.25, 0.3) is 0 Å². The maximum atomic E-state index is 9.75. The largest absolute Gasteiger partial charge is 0.673 e. The van der Waals surface area contributed by atoms with Crippen LogP contribution in [0.5, 0.6) is 0 Å². The first-order chi connectivity index (χ1) is 9.90. The smallest absolute Gasteiger partial charge is 0.418 e. The molecule has 0 aromatic carbocycles. The Morgan fingerprint density at radius 3 is 0.762 bits per heavy atom. The molecule has 0 saturated carbocycles. The van der Waals surface area contributed by atoms with Gasteiger partial charge in [-0.3, -0.25) is 0 Å². The van der Waals surface area contributed by atoms with Crippen LogP contribution in [-0.2, 0) is 0 Å². The van der Waals surface area contributed by atoms with Crippen LogP contribution in [0.15, 0.2) is 0 Å². The molecule has 6 saturated heterocycles. The summed E-state index contributed by atoms with van der Waals surface area (Å²) in [4.78, 5) is 5.17. The van der Waals surface area contributed by atoms with Gasteiger partial charge in [-0.2, -0.15) is 0 Å². The Morgan fingerprint density at radius 1 is 0.524 bits per heavy atom. The lowest BCUT2D eigenvalue weighted by Crippen LogP contribution is -2.41. The fourth-order valence-electron chi connectivity index (χ4n) is 3.73. The number of hydrogen-bond acceptors (Lipinski definition) is 2. The van der Waals surface area contributed by atoms with E-state index in [0.29, 0.717) is 0 Å². The van der Waals surface area contributed by atoms with Crippen molar-refractivity contribution in [2.24, 2.45) is 11.8 Å². The molecule has 0 aromatic heterocycles. The van der Waals surface area contributed by atoms with Gasteiger partial charge in [-0.15, -0.1) is 0 Å². The quantitative estimate of drug-likeness (QED) is 0.499. The Labute approximate surface area is 125 Å². The SMILES string of the molecule is C1CN2CCC1CC2.C1CN2CCC1CC2.F[B-](F)(F)F. The van der Waals surface area contributed by atoms with E-state index in [0.717, 1.165) is 11.8 Å². The highest BCUT2D eigenvalue weighted by molar-refractivity contribution is 6.50. The summed E-state index contributed by atoms with van der Waals surface area (Å²) < 4.78 is 39.0. The minimum atomic E-state index is -6.00. The summed E-state index contributed by atoms with van der Waals surface area (Å²) in [6.45, 7) is 8.36. The van der Waals surface area contributed by atoms with Gasteiger partial charge in [0.2, 0.25) is 0 Å². The normalized spacial score (nSPS) is 37.1. The molecule has 6 aliphatic rings. The van der Waals surface area contributed by atoms with Crippen molar-refractivity contribution in [2.45, 2.75) is 38.5 Å². The summed E-state index contributed by atoms with van der Waals surface area (Å²) in [5.41, 5.74) is 0. The second-order valence-electron chi connectivity index (χ2n) is 6.64. The highest BCUT2D eigenvalue weighted by Crippen LogP contribution is 2.26. The molecular weight excluding hydrogens is 283 g/mol. The molecule has 0 N–H and O–H groups in total. The van der Waals surface area contributed by atoms with Crippen molar-refractivity contribution in [3.63, 3.8) is 0 Å². The van der Waals surface area contributed by atoms with E-state index in [2.05, 4.69) is 9.80 Å². The number of rotatable bonds is 0. The van der Waals surface area contributed by atoms with Gasteiger partial charge in [0.15, 0.2) is 0 Å². The van der Waals surface area contributed by atoms with Crippen LogP contribution >= 0.6 is 0 Å². The van der Waals surface area contributed by atoms with E-state index in [1.165, 1.54) is 77.8 Å². The average Bonchev–Trinajstić information content (AvgIpc) is 2.50. The molecular formula is C14H26BF4N2-. The number of nitrogens with zero attached hydrogens (tertiary/aromatic N) is 2. The van der Waals surface area contributed by atoms with Crippen LogP contribution < -0.4 is 0 Å². The Bertz CT molecular complexity index is 222. The summed E-state index contributed by atoms with van der Waals surface area (Å²) in [5, 5.41) is 0. The standard InChI is InChI=1S/2C7H13N.BF4/c2*1-4-8-5-2-7(1)3-6-8;2-1(3,4)5/h2*7H,1-6H2;/q;;-1. The summed E-state index contributed by atoms with van der Waals surface area (Å²) in [6, 6.07) is 0. The first-order valence-electron chi connectivity index (χ1n) is 8.22. The lowest BCUT2D eigenvalue weighted by Gasteiger charge is -2.38. The molecule has 0 amide bonds. The van der Waals surface area contributed by atoms with Crippen LogP contribution in [0, 0.1) is 11.8 Å². The number of halogens is 4. The molecule has 0 aliphatic carbocycles. The molecule has 6 rings (SSSR count). The van der Waals surface area contributed by atoms with E-state index in [4.69, 9.17) is 0 Å². The Balaban J connectivity index is 0.000000120. The van der Waals surface area contributed by atoms with E-state index in [-0.39, 0.29) is 0 Å². The minimum absolute atomic E-state index is 1.11. The van der Waals surface area contributed by atoms with Crippen LogP contribution in [0.2, 0.25) is 0 Å². The van der Waals surface area contributed by atoms with Crippen LogP contribution in [-0.4, -0.2) is 56.3 Å². The van der Waals surface area contributed by atoms with Gasteiger partial charge in [0.25, 0.3) is 0 Å². The van der Waals surface area contributed by atoms with Crippen LogP contribution in [0.4, 0.5) is 17.3 Å². The van der Waals surface area contributed by atoms with Crippen molar-refractivity contribution in [2.75, 3.05) is 39.3 Å². The molecule has 6 aliphatic heterocycles. The fraction of sp³-hybridized carbons (Fsp3) is 1.00. The number of fused-ring (bicyclic) bond motifs is 6. The Kier molecular flexibility index (Phi) is 6.35.